The van der Waals surface area contributed by atoms with Crippen LogP contribution in [-0.4, -0.2) is 39.7 Å². The number of carboxylic acid groups (broad SMARTS) is 1. The second-order valence-electron chi connectivity index (χ2n) is 8.76. The fraction of sp³-hybridized carbons (Fsp3) is 0.222. The minimum Gasteiger partial charge on any atom is -0.480 e. The number of rotatable bonds is 8. The van der Waals surface area contributed by atoms with Crippen molar-refractivity contribution in [2.24, 2.45) is 0 Å². The largest absolute Gasteiger partial charge is 0.480 e. The van der Waals surface area contributed by atoms with Crippen LogP contribution in [0.5, 0.6) is 0 Å². The van der Waals surface area contributed by atoms with Gasteiger partial charge in [-0.3, -0.25) is 9.69 Å². The van der Waals surface area contributed by atoms with E-state index in [0.717, 1.165) is 23.6 Å². The van der Waals surface area contributed by atoms with Gasteiger partial charge in [0.15, 0.2) is 0 Å². The Morgan fingerprint density at radius 3 is 2.47 bits per heavy atom. The lowest BCUT2D eigenvalue weighted by Gasteiger charge is -2.16. The van der Waals surface area contributed by atoms with E-state index in [0.29, 0.717) is 29.1 Å². The van der Waals surface area contributed by atoms with Gasteiger partial charge in [-0.15, -0.1) is 0 Å². The molecule has 0 amide bonds. The van der Waals surface area contributed by atoms with E-state index < -0.39 is 11.9 Å². The molecule has 0 spiro atoms. The Hall–Kier alpha value is -3.62. The van der Waals surface area contributed by atoms with E-state index in [9.17, 15) is 13.6 Å². The van der Waals surface area contributed by atoms with Gasteiger partial charge in [-0.2, -0.15) is 4.98 Å². The fourth-order valence-corrected chi connectivity index (χ4v) is 4.30. The van der Waals surface area contributed by atoms with E-state index in [1.807, 2.05) is 25.1 Å². The zero-order valence-electron chi connectivity index (χ0n) is 19.9. The van der Waals surface area contributed by atoms with Crippen LogP contribution >= 0.6 is 11.6 Å². The summed E-state index contributed by atoms with van der Waals surface area (Å²) in [5.74, 6) is -3.27. The van der Waals surface area contributed by atoms with Crippen molar-refractivity contribution in [1.82, 2.24) is 15.0 Å². The highest BCUT2D eigenvalue weighted by Crippen LogP contribution is 2.39. The summed E-state index contributed by atoms with van der Waals surface area (Å²) in [4.78, 5) is 17.1. The van der Waals surface area contributed by atoms with Crippen molar-refractivity contribution in [2.45, 2.75) is 26.3 Å². The molecule has 1 N–H and O–H groups in total. The molecule has 0 bridgehead atoms. The standard InChI is InChI=1S/C27H24ClF2N3O3/c1-16-12-17(8-9-19(16)14-33(3)15-24(34)35)25-31-26(36-32-25)18-10-11-21(23(28)13-18)20-6-4-5-7-22(20)27(2,29)30/h4-13H,14-15H2,1-3H3,(H,34,35). The molecule has 3 aromatic carbocycles. The maximum Gasteiger partial charge on any atom is 0.317 e. The van der Waals surface area contributed by atoms with Gasteiger partial charge in [0.05, 0.1) is 6.54 Å². The third kappa shape index (κ3) is 5.61. The molecule has 1 aromatic heterocycles. The number of benzene rings is 3. The number of likely N-dealkylation sites (N-methyl/N-ethyl adjacent to an activating group) is 1. The first-order valence-electron chi connectivity index (χ1n) is 11.1. The summed E-state index contributed by atoms with van der Waals surface area (Å²) >= 11 is 6.50. The van der Waals surface area contributed by atoms with Gasteiger partial charge in [-0.1, -0.05) is 59.2 Å². The Labute approximate surface area is 212 Å². The number of alkyl halides is 2. The first-order valence-corrected chi connectivity index (χ1v) is 11.5. The van der Waals surface area contributed by atoms with Gasteiger partial charge in [0.1, 0.15) is 0 Å². The number of nitrogens with zero attached hydrogens (tertiary/aromatic N) is 3. The maximum atomic E-state index is 14.1. The summed E-state index contributed by atoms with van der Waals surface area (Å²) in [5, 5.41) is 13.3. The van der Waals surface area contributed by atoms with Crippen LogP contribution in [0.15, 0.2) is 65.2 Å². The number of halogens is 3. The van der Waals surface area contributed by atoms with Crippen molar-refractivity contribution in [3.63, 3.8) is 0 Å². The van der Waals surface area contributed by atoms with Crippen LogP contribution in [0, 0.1) is 6.92 Å². The van der Waals surface area contributed by atoms with Crippen LogP contribution in [0.25, 0.3) is 34.0 Å². The second kappa shape index (κ2) is 10.2. The lowest BCUT2D eigenvalue weighted by atomic mass is 9.95. The molecule has 36 heavy (non-hydrogen) atoms. The number of carbonyl (C=O) groups is 1. The SMILES string of the molecule is Cc1cc(-c2noc(-c3ccc(-c4ccccc4C(C)(F)F)c(Cl)c3)n2)ccc1CN(C)CC(=O)O. The molecular formula is C27H24ClF2N3O3. The van der Waals surface area contributed by atoms with Gasteiger partial charge < -0.3 is 9.63 Å². The minimum absolute atomic E-state index is 0.0524. The highest BCUT2D eigenvalue weighted by Gasteiger charge is 2.28. The van der Waals surface area contributed by atoms with Crippen LogP contribution in [0.3, 0.4) is 0 Å². The van der Waals surface area contributed by atoms with Gasteiger partial charge in [-0.25, -0.2) is 8.78 Å². The molecule has 186 valence electrons. The van der Waals surface area contributed by atoms with E-state index in [2.05, 4.69) is 10.1 Å². The predicted molar refractivity (Wildman–Crippen MR) is 134 cm³/mol. The number of hydrogen-bond donors (Lipinski definition) is 1. The van der Waals surface area contributed by atoms with Crippen molar-refractivity contribution in [3.8, 4) is 34.0 Å². The molecule has 0 unspecified atom stereocenters. The van der Waals surface area contributed by atoms with Crippen molar-refractivity contribution < 1.29 is 23.2 Å². The number of aliphatic carboxylic acids is 1. The second-order valence-corrected chi connectivity index (χ2v) is 9.17. The lowest BCUT2D eigenvalue weighted by Crippen LogP contribution is -2.25. The van der Waals surface area contributed by atoms with Gasteiger partial charge in [0.2, 0.25) is 5.82 Å². The van der Waals surface area contributed by atoms with E-state index >= 15 is 0 Å². The van der Waals surface area contributed by atoms with E-state index in [1.54, 1.807) is 48.3 Å². The first-order chi connectivity index (χ1) is 17.0. The first kappa shape index (κ1) is 25.5. The van der Waals surface area contributed by atoms with Gasteiger partial charge in [0.25, 0.3) is 11.8 Å². The van der Waals surface area contributed by atoms with E-state index in [-0.39, 0.29) is 23.0 Å². The molecule has 0 aliphatic rings. The third-order valence-electron chi connectivity index (χ3n) is 5.78. The summed E-state index contributed by atoms with van der Waals surface area (Å²) in [6.45, 7) is 3.23. The molecule has 1 heterocycles. The molecule has 0 saturated heterocycles. The van der Waals surface area contributed by atoms with Crippen molar-refractivity contribution in [1.29, 1.82) is 0 Å². The van der Waals surface area contributed by atoms with Crippen molar-refractivity contribution >= 4 is 17.6 Å². The van der Waals surface area contributed by atoms with Gasteiger partial charge in [0, 0.05) is 40.7 Å². The van der Waals surface area contributed by atoms with Gasteiger partial charge in [-0.05, 0) is 48.9 Å². The lowest BCUT2D eigenvalue weighted by molar-refractivity contribution is -0.138. The van der Waals surface area contributed by atoms with E-state index in [1.165, 1.54) is 6.07 Å². The zero-order valence-corrected chi connectivity index (χ0v) is 20.7. The van der Waals surface area contributed by atoms with Crippen molar-refractivity contribution in [3.05, 3.63) is 82.4 Å². The Bertz CT molecular complexity index is 1420. The number of hydrogen-bond acceptors (Lipinski definition) is 5. The topological polar surface area (TPSA) is 79.5 Å². The molecule has 0 aliphatic carbocycles. The molecule has 0 saturated carbocycles. The Kier molecular flexibility index (Phi) is 7.19. The summed E-state index contributed by atoms with van der Waals surface area (Å²) in [7, 11) is 1.75. The maximum absolute atomic E-state index is 14.1. The average molecular weight is 512 g/mol. The normalized spacial score (nSPS) is 11.8. The summed E-state index contributed by atoms with van der Waals surface area (Å²) in [5.41, 5.74) is 4.00. The molecule has 6 nitrogen and oxygen atoms in total. The fourth-order valence-electron chi connectivity index (χ4n) is 4.02. The number of aryl methyl sites for hydroxylation is 1. The smallest absolute Gasteiger partial charge is 0.317 e. The summed E-state index contributed by atoms with van der Waals surface area (Å²) in [6.07, 6.45) is 0. The Morgan fingerprint density at radius 1 is 1.08 bits per heavy atom. The number of aromatic nitrogens is 2. The van der Waals surface area contributed by atoms with Crippen LogP contribution in [0.2, 0.25) is 5.02 Å². The highest BCUT2D eigenvalue weighted by atomic mass is 35.5. The molecule has 4 aromatic rings. The van der Waals surface area contributed by atoms with Crippen LogP contribution < -0.4 is 0 Å². The minimum atomic E-state index is -3.01. The molecule has 9 heteroatoms. The summed E-state index contributed by atoms with van der Waals surface area (Å²) < 4.78 is 33.7. The number of carboxylic acids is 1. The Morgan fingerprint density at radius 2 is 1.81 bits per heavy atom. The highest BCUT2D eigenvalue weighted by molar-refractivity contribution is 6.33. The summed E-state index contributed by atoms with van der Waals surface area (Å²) in [6, 6.07) is 16.9. The quantitative estimate of drug-likeness (QED) is 0.285. The predicted octanol–water partition coefficient (Wildman–Crippen LogP) is 6.66. The molecule has 0 fully saturated rings. The third-order valence-corrected chi connectivity index (χ3v) is 6.09. The molecule has 4 rings (SSSR count). The molecule has 0 atom stereocenters. The monoisotopic (exact) mass is 511 g/mol. The van der Waals surface area contributed by atoms with Crippen LogP contribution in [0.1, 0.15) is 23.6 Å². The Balaban J connectivity index is 1.58. The van der Waals surface area contributed by atoms with Gasteiger partial charge >= 0.3 is 5.97 Å². The molecule has 0 radical (unpaired) electrons. The van der Waals surface area contributed by atoms with Crippen LogP contribution in [0.4, 0.5) is 8.78 Å². The van der Waals surface area contributed by atoms with E-state index in [4.69, 9.17) is 21.2 Å². The average Bonchev–Trinajstić information content (AvgIpc) is 3.30. The van der Waals surface area contributed by atoms with Crippen LogP contribution in [-0.2, 0) is 17.3 Å². The zero-order chi connectivity index (χ0) is 26.0. The molecule has 0 aliphatic heterocycles. The molecular weight excluding hydrogens is 488 g/mol. The van der Waals surface area contributed by atoms with Crippen molar-refractivity contribution in [2.75, 3.05) is 13.6 Å².